The summed E-state index contributed by atoms with van der Waals surface area (Å²) in [6.07, 6.45) is 1.02. The van der Waals surface area contributed by atoms with Crippen LogP contribution < -0.4 is 0 Å². The summed E-state index contributed by atoms with van der Waals surface area (Å²) in [7, 11) is -2.69. The van der Waals surface area contributed by atoms with Gasteiger partial charge in [0.1, 0.15) is 6.04 Å². The summed E-state index contributed by atoms with van der Waals surface area (Å²) in [5, 5.41) is 0.146. The van der Waals surface area contributed by atoms with E-state index in [0.29, 0.717) is 17.1 Å². The third kappa shape index (κ3) is 3.37. The van der Waals surface area contributed by atoms with Gasteiger partial charge in [-0.2, -0.15) is 17.0 Å². The van der Waals surface area contributed by atoms with Crippen molar-refractivity contribution >= 4 is 45.3 Å². The van der Waals surface area contributed by atoms with Crippen LogP contribution in [0.2, 0.25) is 10.0 Å². The summed E-state index contributed by atoms with van der Waals surface area (Å²) < 4.78 is 31.0. The molecular weight excluding hydrogens is 379 g/mol. The SMILES string of the molecule is CCCC1C(=O)N(COC(=O)c2c(Cl)cccc2Cl)S(=O)(=O)N1C. The van der Waals surface area contributed by atoms with Gasteiger partial charge in [-0.3, -0.25) is 4.79 Å². The molecule has 1 aliphatic rings. The van der Waals surface area contributed by atoms with Crippen molar-refractivity contribution in [3.05, 3.63) is 33.8 Å². The molecule has 1 aliphatic heterocycles. The summed E-state index contributed by atoms with van der Waals surface area (Å²) in [4.78, 5) is 24.4. The number of esters is 1. The van der Waals surface area contributed by atoms with Crippen LogP contribution in [0.15, 0.2) is 18.2 Å². The number of rotatable bonds is 5. The Kier molecular flexibility index (Phi) is 5.74. The molecule has 0 radical (unpaired) electrons. The maximum absolute atomic E-state index is 12.3. The van der Waals surface area contributed by atoms with E-state index in [1.807, 2.05) is 6.92 Å². The Morgan fingerprint density at radius 3 is 2.42 bits per heavy atom. The van der Waals surface area contributed by atoms with Crippen molar-refractivity contribution in [3.8, 4) is 0 Å². The second kappa shape index (κ2) is 7.26. The quantitative estimate of drug-likeness (QED) is 0.715. The predicted molar refractivity (Wildman–Crippen MR) is 89.0 cm³/mol. The van der Waals surface area contributed by atoms with Gasteiger partial charge >= 0.3 is 16.2 Å². The number of hydrogen-bond acceptors (Lipinski definition) is 5. The highest BCUT2D eigenvalue weighted by atomic mass is 35.5. The third-order valence-electron chi connectivity index (χ3n) is 3.65. The molecule has 0 aliphatic carbocycles. The molecule has 1 heterocycles. The van der Waals surface area contributed by atoms with E-state index in [2.05, 4.69) is 0 Å². The zero-order chi connectivity index (χ0) is 18.1. The Hall–Kier alpha value is -1.35. The van der Waals surface area contributed by atoms with E-state index in [1.54, 1.807) is 6.07 Å². The van der Waals surface area contributed by atoms with Crippen LogP contribution in [0.1, 0.15) is 30.1 Å². The van der Waals surface area contributed by atoms with Crippen molar-refractivity contribution < 1.29 is 22.7 Å². The molecule has 1 saturated heterocycles. The summed E-state index contributed by atoms with van der Waals surface area (Å²) in [6.45, 7) is 1.11. The zero-order valence-electron chi connectivity index (χ0n) is 13.0. The van der Waals surface area contributed by atoms with Crippen LogP contribution in [0, 0.1) is 0 Å². The third-order valence-corrected chi connectivity index (χ3v) is 6.11. The first-order valence-electron chi connectivity index (χ1n) is 7.12. The van der Waals surface area contributed by atoms with Crippen molar-refractivity contribution in [3.63, 3.8) is 0 Å². The van der Waals surface area contributed by atoms with Crippen molar-refractivity contribution in [2.45, 2.75) is 25.8 Å². The lowest BCUT2D eigenvalue weighted by Gasteiger charge is -2.16. The first-order valence-corrected chi connectivity index (χ1v) is 9.27. The lowest BCUT2D eigenvalue weighted by Crippen LogP contribution is -2.35. The summed E-state index contributed by atoms with van der Waals surface area (Å²) in [5.41, 5.74) is -0.0802. The highest BCUT2D eigenvalue weighted by Crippen LogP contribution is 2.27. The second-order valence-electron chi connectivity index (χ2n) is 5.17. The van der Waals surface area contributed by atoms with E-state index < -0.39 is 34.9 Å². The van der Waals surface area contributed by atoms with Gasteiger partial charge in [0.15, 0.2) is 6.73 Å². The van der Waals surface area contributed by atoms with E-state index in [1.165, 1.54) is 19.2 Å². The molecule has 1 amide bonds. The molecule has 2 rings (SSSR count). The number of nitrogens with zero attached hydrogens (tertiary/aromatic N) is 2. The van der Waals surface area contributed by atoms with Gasteiger partial charge in [0.25, 0.3) is 5.91 Å². The first-order chi connectivity index (χ1) is 11.2. The van der Waals surface area contributed by atoms with E-state index in [0.717, 1.165) is 4.31 Å². The molecule has 0 aromatic heterocycles. The fourth-order valence-corrected chi connectivity index (χ4v) is 4.26. The molecule has 24 heavy (non-hydrogen) atoms. The number of carbonyl (C=O) groups is 2. The minimum Gasteiger partial charge on any atom is -0.439 e. The Bertz CT molecular complexity index is 748. The lowest BCUT2D eigenvalue weighted by atomic mass is 10.1. The topological polar surface area (TPSA) is 84.0 Å². The molecule has 1 aromatic carbocycles. The molecule has 0 saturated carbocycles. The highest BCUT2D eigenvalue weighted by Gasteiger charge is 2.48. The van der Waals surface area contributed by atoms with E-state index >= 15 is 0 Å². The molecule has 0 N–H and O–H groups in total. The predicted octanol–water partition coefficient (Wildman–Crippen LogP) is 2.30. The Morgan fingerprint density at radius 2 is 1.88 bits per heavy atom. The minimum absolute atomic E-state index is 0.0732. The highest BCUT2D eigenvalue weighted by molar-refractivity contribution is 7.87. The smallest absolute Gasteiger partial charge is 0.342 e. The van der Waals surface area contributed by atoms with Gasteiger partial charge in [0.05, 0.1) is 15.6 Å². The van der Waals surface area contributed by atoms with Gasteiger partial charge in [-0.15, -0.1) is 0 Å². The van der Waals surface area contributed by atoms with Crippen LogP contribution >= 0.6 is 23.2 Å². The van der Waals surface area contributed by atoms with Crippen LogP contribution in [0.4, 0.5) is 0 Å². The number of likely N-dealkylation sites (N-methyl/N-ethyl adjacent to an activating group) is 1. The van der Waals surface area contributed by atoms with Gasteiger partial charge in [-0.1, -0.05) is 42.6 Å². The van der Waals surface area contributed by atoms with Gasteiger partial charge in [0.2, 0.25) is 0 Å². The van der Waals surface area contributed by atoms with E-state index in [9.17, 15) is 18.0 Å². The Morgan fingerprint density at radius 1 is 1.29 bits per heavy atom. The molecule has 7 nitrogen and oxygen atoms in total. The van der Waals surface area contributed by atoms with Crippen molar-refractivity contribution in [1.82, 2.24) is 8.61 Å². The second-order valence-corrected chi connectivity index (χ2v) is 7.90. The number of carbonyl (C=O) groups excluding carboxylic acids is 2. The molecule has 1 atom stereocenters. The van der Waals surface area contributed by atoms with Gasteiger partial charge < -0.3 is 4.74 Å². The summed E-state index contributed by atoms with van der Waals surface area (Å²) >= 11 is 11.8. The standard InChI is InChI=1S/C14H16Cl2N2O5S/c1-3-5-11-13(19)18(24(21,22)17(11)2)8-23-14(20)12-9(15)6-4-7-10(12)16/h4,6-7,11H,3,5,8H2,1-2H3. The maximum Gasteiger partial charge on any atom is 0.342 e. The molecule has 1 aromatic rings. The van der Waals surface area contributed by atoms with E-state index in [4.69, 9.17) is 27.9 Å². The number of amides is 1. The number of hydrogen-bond donors (Lipinski definition) is 0. The Labute approximate surface area is 150 Å². The van der Waals surface area contributed by atoms with Crippen molar-refractivity contribution in [2.24, 2.45) is 0 Å². The van der Waals surface area contributed by atoms with Gasteiger partial charge in [0, 0.05) is 7.05 Å². The van der Waals surface area contributed by atoms with Crippen molar-refractivity contribution in [2.75, 3.05) is 13.8 Å². The summed E-state index contributed by atoms with van der Waals surface area (Å²) in [6, 6.07) is 3.67. The fraction of sp³-hybridized carbons (Fsp3) is 0.429. The van der Waals surface area contributed by atoms with Crippen LogP contribution in [-0.2, 0) is 19.7 Å². The van der Waals surface area contributed by atoms with Gasteiger partial charge in [-0.25, -0.2) is 4.79 Å². The summed E-state index contributed by atoms with van der Waals surface area (Å²) in [5.74, 6) is -1.53. The first kappa shape index (κ1) is 19.0. The molecule has 0 spiro atoms. The maximum atomic E-state index is 12.3. The molecular formula is C14H16Cl2N2O5S. The number of halogens is 2. The minimum atomic E-state index is -4.01. The van der Waals surface area contributed by atoms with Crippen molar-refractivity contribution in [1.29, 1.82) is 0 Å². The van der Waals surface area contributed by atoms with Crippen LogP contribution in [0.5, 0.6) is 0 Å². The Balaban J connectivity index is 2.17. The van der Waals surface area contributed by atoms with Crippen LogP contribution in [-0.4, -0.2) is 48.7 Å². The average molecular weight is 395 g/mol. The van der Waals surface area contributed by atoms with E-state index in [-0.39, 0.29) is 15.6 Å². The number of benzene rings is 1. The number of ether oxygens (including phenoxy) is 1. The normalized spacial score (nSPS) is 20.4. The molecule has 1 unspecified atom stereocenters. The molecule has 10 heteroatoms. The zero-order valence-corrected chi connectivity index (χ0v) is 15.4. The molecule has 1 fully saturated rings. The molecule has 0 bridgehead atoms. The average Bonchev–Trinajstić information content (AvgIpc) is 2.66. The lowest BCUT2D eigenvalue weighted by molar-refractivity contribution is -0.130. The van der Waals surface area contributed by atoms with Crippen LogP contribution in [0.3, 0.4) is 0 Å². The largest absolute Gasteiger partial charge is 0.439 e. The molecule has 132 valence electrons. The fourth-order valence-electron chi connectivity index (χ4n) is 2.34. The van der Waals surface area contributed by atoms with Gasteiger partial charge in [-0.05, 0) is 18.6 Å². The van der Waals surface area contributed by atoms with Crippen LogP contribution in [0.25, 0.3) is 0 Å². The monoisotopic (exact) mass is 394 g/mol.